The van der Waals surface area contributed by atoms with Crippen molar-refractivity contribution in [3.63, 3.8) is 0 Å². The maximum absolute atomic E-state index is 5.97. The van der Waals surface area contributed by atoms with Crippen molar-refractivity contribution in [3.8, 4) is 5.69 Å². The van der Waals surface area contributed by atoms with Gasteiger partial charge in [0.05, 0.1) is 17.1 Å². The number of hydrogen-bond donors (Lipinski definition) is 1. The molecule has 0 spiro atoms. The Morgan fingerprint density at radius 2 is 1.94 bits per heavy atom. The molecule has 0 aliphatic rings. The minimum absolute atomic E-state index is 0.767. The second-order valence-electron chi connectivity index (χ2n) is 3.80. The Bertz CT molecular complexity index is 486. The molecule has 2 rings (SSSR count). The fourth-order valence-electron chi connectivity index (χ4n) is 1.79. The first-order valence-electron chi connectivity index (χ1n) is 5.69. The summed E-state index contributed by atoms with van der Waals surface area (Å²) in [5.74, 6) is 0. The minimum atomic E-state index is 0.767. The molecule has 2 aromatic rings. The van der Waals surface area contributed by atoms with Crippen molar-refractivity contribution < 1.29 is 0 Å². The summed E-state index contributed by atoms with van der Waals surface area (Å²) in [6.07, 6.45) is 1.91. The van der Waals surface area contributed by atoms with Crippen LogP contribution in [0.1, 0.15) is 25.2 Å². The highest BCUT2D eigenvalue weighted by atomic mass is 15.3. The Kier molecular flexibility index (Phi) is 2.95. The number of hydrogen-bond acceptors (Lipinski definition) is 2. The van der Waals surface area contributed by atoms with E-state index in [1.807, 2.05) is 28.9 Å². The molecular weight excluding hydrogens is 198 g/mol. The first-order chi connectivity index (χ1) is 7.76. The van der Waals surface area contributed by atoms with Gasteiger partial charge in [-0.1, -0.05) is 26.0 Å². The molecule has 0 unspecified atom stereocenters. The van der Waals surface area contributed by atoms with E-state index in [1.165, 1.54) is 5.69 Å². The summed E-state index contributed by atoms with van der Waals surface area (Å²) in [6, 6.07) is 9.97. The average Bonchev–Trinajstić information content (AvgIpc) is 2.72. The number of nitrogens with zero attached hydrogens (tertiary/aromatic N) is 2. The molecule has 0 atom stereocenters. The van der Waals surface area contributed by atoms with Gasteiger partial charge in [0.15, 0.2) is 0 Å². The molecular formula is C13H17N3. The summed E-state index contributed by atoms with van der Waals surface area (Å²) in [6.45, 7) is 4.24. The number of aryl methyl sites for hydroxylation is 2. The molecule has 0 radical (unpaired) electrons. The van der Waals surface area contributed by atoms with Crippen molar-refractivity contribution in [2.24, 2.45) is 0 Å². The van der Waals surface area contributed by atoms with Gasteiger partial charge in [-0.2, -0.15) is 5.10 Å². The van der Waals surface area contributed by atoms with Crippen LogP contribution in [0.25, 0.3) is 5.69 Å². The van der Waals surface area contributed by atoms with Gasteiger partial charge in [0, 0.05) is 5.69 Å². The van der Waals surface area contributed by atoms with E-state index in [0.717, 1.165) is 29.9 Å². The zero-order valence-electron chi connectivity index (χ0n) is 9.77. The van der Waals surface area contributed by atoms with Crippen molar-refractivity contribution in [2.45, 2.75) is 26.7 Å². The van der Waals surface area contributed by atoms with Gasteiger partial charge in [0.2, 0.25) is 0 Å². The lowest BCUT2D eigenvalue weighted by atomic mass is 10.2. The number of nitrogen functional groups attached to an aromatic ring is 1. The Balaban J connectivity index is 2.54. The minimum Gasteiger partial charge on any atom is -0.397 e. The van der Waals surface area contributed by atoms with E-state index in [2.05, 4.69) is 25.0 Å². The van der Waals surface area contributed by atoms with Crippen LogP contribution in [0.3, 0.4) is 0 Å². The number of para-hydroxylation sites is 2. The first kappa shape index (κ1) is 10.7. The Hall–Kier alpha value is -1.77. The van der Waals surface area contributed by atoms with Gasteiger partial charge in [-0.3, -0.25) is 0 Å². The summed E-state index contributed by atoms with van der Waals surface area (Å²) in [7, 11) is 0. The molecule has 0 bridgehead atoms. The highest BCUT2D eigenvalue weighted by molar-refractivity contribution is 5.57. The molecule has 0 saturated carbocycles. The third kappa shape index (κ3) is 1.81. The summed E-state index contributed by atoms with van der Waals surface area (Å²) < 4.78 is 1.95. The zero-order valence-corrected chi connectivity index (χ0v) is 9.77. The molecule has 0 amide bonds. The number of benzene rings is 1. The third-order valence-corrected chi connectivity index (χ3v) is 2.72. The molecule has 84 valence electrons. The number of rotatable bonds is 3. The van der Waals surface area contributed by atoms with E-state index >= 15 is 0 Å². The fourth-order valence-corrected chi connectivity index (χ4v) is 1.79. The zero-order chi connectivity index (χ0) is 11.5. The first-order valence-corrected chi connectivity index (χ1v) is 5.69. The SMILES string of the molecule is CCc1cc(CC)n(-c2ccccc2N)n1. The van der Waals surface area contributed by atoms with Gasteiger partial charge in [0.25, 0.3) is 0 Å². The van der Waals surface area contributed by atoms with Crippen molar-refractivity contribution in [2.75, 3.05) is 5.73 Å². The van der Waals surface area contributed by atoms with Crippen LogP contribution in [0.15, 0.2) is 30.3 Å². The molecule has 1 aromatic heterocycles. The van der Waals surface area contributed by atoms with E-state index in [0.29, 0.717) is 0 Å². The lowest BCUT2D eigenvalue weighted by Crippen LogP contribution is -2.04. The Labute approximate surface area is 95.9 Å². The van der Waals surface area contributed by atoms with Crippen molar-refractivity contribution >= 4 is 5.69 Å². The van der Waals surface area contributed by atoms with E-state index < -0.39 is 0 Å². The second-order valence-corrected chi connectivity index (χ2v) is 3.80. The normalized spacial score (nSPS) is 10.6. The van der Waals surface area contributed by atoms with Crippen LogP contribution < -0.4 is 5.73 Å². The van der Waals surface area contributed by atoms with E-state index in [4.69, 9.17) is 5.73 Å². The van der Waals surface area contributed by atoms with Crippen molar-refractivity contribution in [3.05, 3.63) is 41.7 Å². The van der Waals surface area contributed by atoms with Gasteiger partial charge in [-0.25, -0.2) is 4.68 Å². The maximum atomic E-state index is 5.97. The van der Waals surface area contributed by atoms with Crippen LogP contribution in [0.2, 0.25) is 0 Å². The largest absolute Gasteiger partial charge is 0.397 e. The maximum Gasteiger partial charge on any atom is 0.0878 e. The molecule has 1 aromatic carbocycles. The van der Waals surface area contributed by atoms with Gasteiger partial charge in [-0.15, -0.1) is 0 Å². The monoisotopic (exact) mass is 215 g/mol. The van der Waals surface area contributed by atoms with Crippen LogP contribution in [0.4, 0.5) is 5.69 Å². The van der Waals surface area contributed by atoms with Crippen LogP contribution in [0.5, 0.6) is 0 Å². The van der Waals surface area contributed by atoms with Crippen LogP contribution >= 0.6 is 0 Å². The smallest absolute Gasteiger partial charge is 0.0878 e. The molecule has 0 fully saturated rings. The molecule has 2 N–H and O–H groups in total. The molecule has 3 heteroatoms. The lowest BCUT2D eigenvalue weighted by molar-refractivity contribution is 0.796. The fraction of sp³-hybridized carbons (Fsp3) is 0.308. The predicted octanol–water partition coefficient (Wildman–Crippen LogP) is 2.58. The molecule has 1 heterocycles. The topological polar surface area (TPSA) is 43.8 Å². The second kappa shape index (κ2) is 4.39. The number of nitrogens with two attached hydrogens (primary N) is 1. The quantitative estimate of drug-likeness (QED) is 0.800. The Morgan fingerprint density at radius 3 is 2.56 bits per heavy atom. The van der Waals surface area contributed by atoms with Gasteiger partial charge < -0.3 is 5.73 Å². The van der Waals surface area contributed by atoms with E-state index in [1.54, 1.807) is 0 Å². The summed E-state index contributed by atoms with van der Waals surface area (Å²) >= 11 is 0. The van der Waals surface area contributed by atoms with Crippen LogP contribution in [0, 0.1) is 0 Å². The highest BCUT2D eigenvalue weighted by Crippen LogP contribution is 2.19. The molecule has 0 aliphatic heterocycles. The molecule has 16 heavy (non-hydrogen) atoms. The molecule has 0 aliphatic carbocycles. The van der Waals surface area contributed by atoms with E-state index in [-0.39, 0.29) is 0 Å². The third-order valence-electron chi connectivity index (χ3n) is 2.72. The summed E-state index contributed by atoms with van der Waals surface area (Å²) in [4.78, 5) is 0. The van der Waals surface area contributed by atoms with Crippen LogP contribution in [-0.4, -0.2) is 9.78 Å². The van der Waals surface area contributed by atoms with Crippen LogP contribution in [-0.2, 0) is 12.8 Å². The van der Waals surface area contributed by atoms with E-state index in [9.17, 15) is 0 Å². The lowest BCUT2D eigenvalue weighted by Gasteiger charge is -2.08. The highest BCUT2D eigenvalue weighted by Gasteiger charge is 2.08. The number of anilines is 1. The summed E-state index contributed by atoms with van der Waals surface area (Å²) in [5, 5.41) is 4.57. The molecule has 0 saturated heterocycles. The predicted molar refractivity (Wildman–Crippen MR) is 66.7 cm³/mol. The van der Waals surface area contributed by atoms with Gasteiger partial charge in [0.1, 0.15) is 0 Å². The van der Waals surface area contributed by atoms with Gasteiger partial charge in [-0.05, 0) is 31.0 Å². The summed E-state index contributed by atoms with van der Waals surface area (Å²) in [5.41, 5.74) is 10.0. The average molecular weight is 215 g/mol. The standard InChI is InChI=1S/C13H17N3/c1-3-10-9-11(4-2)16(15-10)13-8-6-5-7-12(13)14/h5-9H,3-4,14H2,1-2H3. The van der Waals surface area contributed by atoms with Gasteiger partial charge >= 0.3 is 0 Å². The molecule has 3 nitrogen and oxygen atoms in total. The number of aromatic nitrogens is 2. The van der Waals surface area contributed by atoms with Crippen molar-refractivity contribution in [1.82, 2.24) is 9.78 Å². The van der Waals surface area contributed by atoms with Crippen molar-refractivity contribution in [1.29, 1.82) is 0 Å². The Morgan fingerprint density at radius 1 is 1.19 bits per heavy atom.